The molecule has 0 spiro atoms. The molecule has 1 saturated heterocycles. The monoisotopic (exact) mass is 365 g/mol. The van der Waals surface area contributed by atoms with Crippen LogP contribution in [0.2, 0.25) is 0 Å². The number of nitrogens with one attached hydrogen (secondary N) is 1. The lowest BCUT2D eigenvalue weighted by molar-refractivity contribution is 0.201. The molecular formula is C20H23N5O2. The number of likely N-dealkylation sites (tertiary alicyclic amines) is 1. The van der Waals surface area contributed by atoms with Crippen molar-refractivity contribution >= 4 is 5.82 Å². The summed E-state index contributed by atoms with van der Waals surface area (Å²) in [4.78, 5) is 11.3. The van der Waals surface area contributed by atoms with Crippen molar-refractivity contribution in [2.45, 2.75) is 25.4 Å². The van der Waals surface area contributed by atoms with Gasteiger partial charge in [-0.05, 0) is 49.2 Å². The topological polar surface area (TPSA) is 76.3 Å². The minimum atomic E-state index is 0.141. The summed E-state index contributed by atoms with van der Waals surface area (Å²) >= 11 is 0. The van der Waals surface area contributed by atoms with E-state index in [2.05, 4.69) is 37.5 Å². The average Bonchev–Trinajstić information content (AvgIpc) is 3.37. The van der Waals surface area contributed by atoms with Crippen molar-refractivity contribution in [3.63, 3.8) is 0 Å². The molecule has 140 valence electrons. The molecule has 7 nitrogen and oxygen atoms in total. The Kier molecular flexibility index (Phi) is 5.02. The van der Waals surface area contributed by atoms with Crippen LogP contribution in [-0.2, 0) is 6.54 Å². The normalized spacial score (nSPS) is 17.2. The van der Waals surface area contributed by atoms with E-state index in [9.17, 15) is 0 Å². The molecule has 0 radical (unpaired) electrons. The van der Waals surface area contributed by atoms with Gasteiger partial charge >= 0.3 is 0 Å². The number of anilines is 1. The third kappa shape index (κ3) is 3.78. The van der Waals surface area contributed by atoms with Gasteiger partial charge in [-0.1, -0.05) is 17.3 Å². The van der Waals surface area contributed by atoms with Crippen LogP contribution in [-0.4, -0.2) is 40.7 Å². The van der Waals surface area contributed by atoms with Crippen molar-refractivity contribution in [1.82, 2.24) is 20.0 Å². The Hall–Kier alpha value is -2.93. The minimum absolute atomic E-state index is 0.141. The van der Waals surface area contributed by atoms with E-state index in [0.717, 1.165) is 43.1 Å². The number of benzene rings is 1. The van der Waals surface area contributed by atoms with Crippen LogP contribution in [0.5, 0.6) is 5.75 Å². The standard InChI is InChI=1S/C20H23N5O2/c1-21-18-9-8-15(12-22-18)19-23-20(27-24-19)17-7-4-10-25(17)13-14-5-3-6-16(11-14)26-2/h3,5-6,8-9,11-12,17H,4,7,10,13H2,1-2H3,(H,21,22)/t17-/m0/s1. The summed E-state index contributed by atoms with van der Waals surface area (Å²) < 4.78 is 10.9. The van der Waals surface area contributed by atoms with Gasteiger partial charge in [0.25, 0.3) is 0 Å². The number of hydrogen-bond donors (Lipinski definition) is 1. The fourth-order valence-corrected chi connectivity index (χ4v) is 3.46. The summed E-state index contributed by atoms with van der Waals surface area (Å²) in [6.45, 7) is 1.84. The smallest absolute Gasteiger partial charge is 0.244 e. The highest BCUT2D eigenvalue weighted by molar-refractivity contribution is 5.55. The Balaban J connectivity index is 1.51. The zero-order chi connectivity index (χ0) is 18.6. The SMILES string of the molecule is CNc1ccc(-c2noc([C@@H]3CCCN3Cc3cccc(OC)c3)n2)cn1. The Bertz CT molecular complexity index is 893. The van der Waals surface area contributed by atoms with Gasteiger partial charge < -0.3 is 14.6 Å². The third-order valence-corrected chi connectivity index (χ3v) is 4.89. The number of nitrogens with zero attached hydrogens (tertiary/aromatic N) is 4. The van der Waals surface area contributed by atoms with Crippen LogP contribution in [0.4, 0.5) is 5.82 Å². The Morgan fingerprint density at radius 3 is 3.00 bits per heavy atom. The summed E-state index contributed by atoms with van der Waals surface area (Å²) in [6.07, 6.45) is 3.89. The molecule has 0 bridgehead atoms. The van der Waals surface area contributed by atoms with E-state index in [1.165, 1.54) is 5.56 Å². The molecule has 0 saturated carbocycles. The zero-order valence-corrected chi connectivity index (χ0v) is 15.6. The van der Waals surface area contributed by atoms with Crippen molar-refractivity contribution in [2.75, 3.05) is 26.0 Å². The summed E-state index contributed by atoms with van der Waals surface area (Å²) in [5.41, 5.74) is 2.06. The van der Waals surface area contributed by atoms with E-state index in [1.54, 1.807) is 13.3 Å². The lowest BCUT2D eigenvalue weighted by Gasteiger charge is -2.21. The van der Waals surface area contributed by atoms with Crippen LogP contribution in [0.25, 0.3) is 11.4 Å². The van der Waals surface area contributed by atoms with Crippen molar-refractivity contribution in [3.05, 3.63) is 54.0 Å². The Morgan fingerprint density at radius 2 is 2.22 bits per heavy atom. The lowest BCUT2D eigenvalue weighted by Crippen LogP contribution is -2.23. The predicted octanol–water partition coefficient (Wildman–Crippen LogP) is 3.52. The van der Waals surface area contributed by atoms with Gasteiger partial charge in [0.2, 0.25) is 11.7 Å². The molecule has 1 aliphatic heterocycles. The fraction of sp³-hybridized carbons (Fsp3) is 0.350. The molecule has 0 amide bonds. The molecule has 0 unspecified atom stereocenters. The molecule has 1 aromatic carbocycles. The molecule has 3 aromatic rings. The molecule has 1 N–H and O–H groups in total. The third-order valence-electron chi connectivity index (χ3n) is 4.89. The highest BCUT2D eigenvalue weighted by Gasteiger charge is 2.30. The largest absolute Gasteiger partial charge is 0.497 e. The van der Waals surface area contributed by atoms with Crippen LogP contribution in [0.3, 0.4) is 0 Å². The van der Waals surface area contributed by atoms with Gasteiger partial charge in [-0.25, -0.2) is 4.98 Å². The second kappa shape index (κ2) is 7.75. The van der Waals surface area contributed by atoms with Gasteiger partial charge in [0.15, 0.2) is 0 Å². The quantitative estimate of drug-likeness (QED) is 0.716. The molecule has 1 aliphatic rings. The number of pyridine rings is 1. The molecule has 0 aliphatic carbocycles. The molecule has 27 heavy (non-hydrogen) atoms. The second-order valence-corrected chi connectivity index (χ2v) is 6.62. The first-order valence-electron chi connectivity index (χ1n) is 9.11. The first-order valence-corrected chi connectivity index (χ1v) is 9.11. The summed E-state index contributed by atoms with van der Waals surface area (Å²) in [6, 6.07) is 12.2. The highest BCUT2D eigenvalue weighted by atomic mass is 16.5. The maximum absolute atomic E-state index is 5.60. The van der Waals surface area contributed by atoms with Gasteiger partial charge in [0, 0.05) is 25.4 Å². The van der Waals surface area contributed by atoms with E-state index >= 15 is 0 Å². The van der Waals surface area contributed by atoms with Gasteiger partial charge in [-0.15, -0.1) is 0 Å². The van der Waals surface area contributed by atoms with E-state index in [4.69, 9.17) is 9.26 Å². The molecule has 2 aromatic heterocycles. The minimum Gasteiger partial charge on any atom is -0.497 e. The highest BCUT2D eigenvalue weighted by Crippen LogP contribution is 2.33. The van der Waals surface area contributed by atoms with Gasteiger partial charge in [0.1, 0.15) is 11.6 Å². The van der Waals surface area contributed by atoms with Crippen LogP contribution >= 0.6 is 0 Å². The van der Waals surface area contributed by atoms with Crippen LogP contribution < -0.4 is 10.1 Å². The second-order valence-electron chi connectivity index (χ2n) is 6.62. The first-order chi connectivity index (χ1) is 13.3. The van der Waals surface area contributed by atoms with Crippen LogP contribution in [0.15, 0.2) is 47.1 Å². The zero-order valence-electron chi connectivity index (χ0n) is 15.6. The van der Waals surface area contributed by atoms with Gasteiger partial charge in [0.05, 0.1) is 13.2 Å². The van der Waals surface area contributed by atoms with Crippen molar-refractivity contribution in [1.29, 1.82) is 0 Å². The molecule has 1 atom stereocenters. The average molecular weight is 365 g/mol. The van der Waals surface area contributed by atoms with Gasteiger partial charge in [-0.2, -0.15) is 4.98 Å². The van der Waals surface area contributed by atoms with Crippen molar-refractivity contribution in [3.8, 4) is 17.1 Å². The molecular weight excluding hydrogens is 342 g/mol. The molecule has 3 heterocycles. The van der Waals surface area contributed by atoms with Crippen LogP contribution in [0, 0.1) is 0 Å². The molecule has 4 rings (SSSR count). The maximum atomic E-state index is 5.60. The summed E-state index contributed by atoms with van der Waals surface area (Å²) in [7, 11) is 3.53. The number of methoxy groups -OCH3 is 1. The van der Waals surface area contributed by atoms with E-state index in [-0.39, 0.29) is 6.04 Å². The maximum Gasteiger partial charge on any atom is 0.244 e. The van der Waals surface area contributed by atoms with E-state index in [1.807, 2.05) is 31.3 Å². The Morgan fingerprint density at radius 1 is 1.30 bits per heavy atom. The number of hydrogen-bond acceptors (Lipinski definition) is 7. The lowest BCUT2D eigenvalue weighted by atomic mass is 10.1. The Labute approximate surface area is 158 Å². The molecule has 1 fully saturated rings. The fourth-order valence-electron chi connectivity index (χ4n) is 3.46. The number of ether oxygens (including phenoxy) is 1. The first kappa shape index (κ1) is 17.5. The van der Waals surface area contributed by atoms with E-state index in [0.29, 0.717) is 11.7 Å². The van der Waals surface area contributed by atoms with Gasteiger partial charge in [-0.3, -0.25) is 4.90 Å². The van der Waals surface area contributed by atoms with Crippen molar-refractivity contribution < 1.29 is 9.26 Å². The predicted molar refractivity (Wildman–Crippen MR) is 102 cm³/mol. The number of aromatic nitrogens is 3. The summed E-state index contributed by atoms with van der Waals surface area (Å²) in [5.74, 6) is 2.93. The molecule has 7 heteroatoms. The van der Waals surface area contributed by atoms with Crippen LogP contribution in [0.1, 0.15) is 30.3 Å². The van der Waals surface area contributed by atoms with E-state index < -0.39 is 0 Å². The number of rotatable bonds is 6. The summed E-state index contributed by atoms with van der Waals surface area (Å²) in [5, 5.41) is 7.16. The van der Waals surface area contributed by atoms with Crippen molar-refractivity contribution in [2.24, 2.45) is 0 Å².